The second-order valence-electron chi connectivity index (χ2n) is 6.42. The summed E-state index contributed by atoms with van der Waals surface area (Å²) in [6, 6.07) is 4.15. The van der Waals surface area contributed by atoms with Crippen LogP contribution in [0.25, 0.3) is 5.52 Å². The Morgan fingerprint density at radius 2 is 2.10 bits per heavy atom. The van der Waals surface area contributed by atoms with Crippen molar-refractivity contribution in [2.45, 2.75) is 57.7 Å². The van der Waals surface area contributed by atoms with E-state index in [1.165, 1.54) is 25.7 Å². The van der Waals surface area contributed by atoms with E-state index in [1.807, 2.05) is 23.8 Å². The topological polar surface area (TPSA) is 45.5 Å². The van der Waals surface area contributed by atoms with Crippen molar-refractivity contribution in [2.24, 2.45) is 0 Å². The Bertz CT molecular complexity index is 637. The van der Waals surface area contributed by atoms with E-state index < -0.39 is 0 Å². The molecule has 112 valence electrons. The summed E-state index contributed by atoms with van der Waals surface area (Å²) >= 11 is 0. The van der Waals surface area contributed by atoms with Crippen molar-refractivity contribution in [1.29, 1.82) is 0 Å². The molecule has 2 unspecified atom stereocenters. The van der Waals surface area contributed by atoms with Crippen LogP contribution in [0.15, 0.2) is 18.5 Å². The first kappa shape index (κ1) is 13.1. The van der Waals surface area contributed by atoms with E-state index in [-0.39, 0.29) is 0 Å². The number of piperidine rings is 1. The second-order valence-corrected chi connectivity index (χ2v) is 6.42. The van der Waals surface area contributed by atoms with Crippen LogP contribution >= 0.6 is 0 Å². The first-order valence-electron chi connectivity index (χ1n) is 8.08. The van der Waals surface area contributed by atoms with Crippen molar-refractivity contribution in [3.63, 3.8) is 0 Å². The molecular weight excluding hydrogens is 262 g/mol. The molecule has 2 bridgehead atoms. The molecule has 0 radical (unpaired) electrons. The van der Waals surface area contributed by atoms with Crippen molar-refractivity contribution in [2.75, 3.05) is 11.4 Å². The molecule has 2 aromatic heterocycles. The molecule has 0 spiro atoms. The lowest BCUT2D eigenvalue weighted by Crippen LogP contribution is -2.48. The predicted octanol–water partition coefficient (Wildman–Crippen LogP) is 2.15. The molecule has 0 saturated carbocycles. The third-order valence-corrected chi connectivity index (χ3v) is 4.99. The molecule has 4 heterocycles. The quantitative estimate of drug-likeness (QED) is 0.938. The molecule has 4 rings (SSSR count). The van der Waals surface area contributed by atoms with Crippen LogP contribution in [-0.4, -0.2) is 39.3 Å². The molecule has 0 aliphatic carbocycles. The molecule has 0 aromatic carbocycles. The summed E-state index contributed by atoms with van der Waals surface area (Å²) < 4.78 is 1.95. The zero-order chi connectivity index (χ0) is 14.4. The number of fused-ring (bicyclic) bond motifs is 3. The van der Waals surface area contributed by atoms with Gasteiger partial charge in [0.2, 0.25) is 0 Å². The van der Waals surface area contributed by atoms with E-state index in [9.17, 15) is 0 Å². The van der Waals surface area contributed by atoms with Gasteiger partial charge < -0.3 is 10.2 Å². The molecule has 2 aromatic rings. The average Bonchev–Trinajstić information content (AvgIpc) is 3.02. The van der Waals surface area contributed by atoms with Crippen molar-refractivity contribution in [3.8, 4) is 0 Å². The molecule has 2 atom stereocenters. The van der Waals surface area contributed by atoms with Crippen LogP contribution in [0, 0.1) is 6.92 Å². The van der Waals surface area contributed by atoms with E-state index in [2.05, 4.69) is 33.3 Å². The first-order chi connectivity index (χ1) is 10.2. The van der Waals surface area contributed by atoms with Gasteiger partial charge in [-0.15, -0.1) is 0 Å². The Kier molecular flexibility index (Phi) is 3.10. The summed E-state index contributed by atoms with van der Waals surface area (Å²) in [5, 5.41) is 8.24. The Morgan fingerprint density at radius 1 is 1.33 bits per heavy atom. The van der Waals surface area contributed by atoms with Crippen molar-refractivity contribution >= 4 is 11.3 Å². The van der Waals surface area contributed by atoms with Crippen LogP contribution in [0.3, 0.4) is 0 Å². The van der Waals surface area contributed by atoms with Gasteiger partial charge in [-0.3, -0.25) is 0 Å². The fourth-order valence-electron chi connectivity index (χ4n) is 4.11. The lowest BCUT2D eigenvalue weighted by atomic mass is 9.98. The van der Waals surface area contributed by atoms with Crippen molar-refractivity contribution in [3.05, 3.63) is 24.2 Å². The predicted molar refractivity (Wildman–Crippen MR) is 83.7 cm³/mol. The van der Waals surface area contributed by atoms with Gasteiger partial charge in [0.1, 0.15) is 5.52 Å². The summed E-state index contributed by atoms with van der Waals surface area (Å²) in [7, 11) is 0. The summed E-state index contributed by atoms with van der Waals surface area (Å²) in [6.07, 6.45) is 8.95. The molecular formula is C16H23N5. The number of hydrogen-bond acceptors (Lipinski definition) is 4. The maximum atomic E-state index is 4.68. The number of aromatic nitrogens is 3. The Morgan fingerprint density at radius 3 is 2.81 bits per heavy atom. The van der Waals surface area contributed by atoms with Gasteiger partial charge in [-0.05, 0) is 45.6 Å². The van der Waals surface area contributed by atoms with Gasteiger partial charge in [0.25, 0.3) is 0 Å². The number of nitrogens with zero attached hydrogens (tertiary/aromatic N) is 4. The average molecular weight is 285 g/mol. The fourth-order valence-corrected chi connectivity index (χ4v) is 4.11. The van der Waals surface area contributed by atoms with E-state index in [0.717, 1.165) is 23.6 Å². The smallest absolute Gasteiger partial charge is 0.154 e. The van der Waals surface area contributed by atoms with Gasteiger partial charge in [0, 0.05) is 37.1 Å². The van der Waals surface area contributed by atoms with Crippen LogP contribution in [0.1, 0.15) is 38.3 Å². The summed E-state index contributed by atoms with van der Waals surface area (Å²) in [6.45, 7) is 5.27. The first-order valence-corrected chi connectivity index (χ1v) is 8.08. The fraction of sp³-hybridized carbons (Fsp3) is 0.625. The number of hydrogen-bond donors (Lipinski definition) is 1. The highest BCUT2D eigenvalue weighted by Gasteiger charge is 2.36. The summed E-state index contributed by atoms with van der Waals surface area (Å²) in [5.74, 6) is 1.09. The third-order valence-electron chi connectivity index (χ3n) is 4.99. The highest BCUT2D eigenvalue weighted by Crippen LogP contribution is 2.32. The van der Waals surface area contributed by atoms with Gasteiger partial charge in [-0.1, -0.05) is 0 Å². The molecule has 1 N–H and O–H groups in total. The second kappa shape index (κ2) is 4.98. The molecule has 2 fully saturated rings. The zero-order valence-corrected chi connectivity index (χ0v) is 12.8. The SMILES string of the molecule is CCN(c1nccn2nc(C)cc12)C1CC2CCC(C1)N2. The summed E-state index contributed by atoms with van der Waals surface area (Å²) in [5.41, 5.74) is 2.17. The van der Waals surface area contributed by atoms with Crippen LogP contribution in [0.4, 0.5) is 5.82 Å². The van der Waals surface area contributed by atoms with Crippen molar-refractivity contribution < 1.29 is 0 Å². The lowest BCUT2D eigenvalue weighted by Gasteiger charge is -2.38. The zero-order valence-electron chi connectivity index (χ0n) is 12.8. The van der Waals surface area contributed by atoms with Gasteiger partial charge in [-0.2, -0.15) is 5.10 Å². The Labute approximate surface area is 125 Å². The van der Waals surface area contributed by atoms with E-state index in [0.29, 0.717) is 18.1 Å². The normalized spacial score (nSPS) is 28.2. The standard InChI is InChI=1S/C16H23N5/c1-3-20(14-9-12-4-5-13(10-14)18-12)16-15-8-11(2)19-21(15)7-6-17-16/h6-8,12-14,18H,3-5,9-10H2,1-2H3. The molecule has 2 saturated heterocycles. The molecule has 0 amide bonds. The maximum Gasteiger partial charge on any atom is 0.154 e. The van der Waals surface area contributed by atoms with Crippen LogP contribution in [0.5, 0.6) is 0 Å². The minimum absolute atomic E-state index is 0.600. The van der Waals surface area contributed by atoms with Crippen molar-refractivity contribution in [1.82, 2.24) is 19.9 Å². The number of aryl methyl sites for hydroxylation is 1. The molecule has 2 aliphatic heterocycles. The maximum absolute atomic E-state index is 4.68. The van der Waals surface area contributed by atoms with Gasteiger partial charge in [0.05, 0.1) is 5.69 Å². The number of nitrogens with one attached hydrogen (secondary N) is 1. The minimum Gasteiger partial charge on any atom is -0.352 e. The monoisotopic (exact) mass is 285 g/mol. The van der Waals surface area contributed by atoms with E-state index in [4.69, 9.17) is 0 Å². The summed E-state index contributed by atoms with van der Waals surface area (Å²) in [4.78, 5) is 7.17. The Hall–Kier alpha value is -1.62. The third kappa shape index (κ3) is 2.20. The largest absolute Gasteiger partial charge is 0.352 e. The Balaban J connectivity index is 1.71. The highest BCUT2D eigenvalue weighted by atomic mass is 15.3. The van der Waals surface area contributed by atoms with E-state index in [1.54, 1.807) is 0 Å². The minimum atomic E-state index is 0.600. The van der Waals surface area contributed by atoms with Gasteiger partial charge >= 0.3 is 0 Å². The molecule has 5 heteroatoms. The number of rotatable bonds is 3. The highest BCUT2D eigenvalue weighted by molar-refractivity contribution is 5.69. The van der Waals surface area contributed by atoms with E-state index >= 15 is 0 Å². The van der Waals surface area contributed by atoms with Crippen LogP contribution in [0.2, 0.25) is 0 Å². The molecule has 21 heavy (non-hydrogen) atoms. The van der Waals surface area contributed by atoms with Gasteiger partial charge in [0.15, 0.2) is 5.82 Å². The number of anilines is 1. The van der Waals surface area contributed by atoms with Crippen LogP contribution < -0.4 is 10.2 Å². The molecule has 5 nitrogen and oxygen atoms in total. The van der Waals surface area contributed by atoms with Crippen LogP contribution in [-0.2, 0) is 0 Å². The molecule has 2 aliphatic rings. The van der Waals surface area contributed by atoms with Gasteiger partial charge in [-0.25, -0.2) is 9.50 Å². The lowest BCUT2D eigenvalue weighted by molar-refractivity contribution is 0.348.